The summed E-state index contributed by atoms with van der Waals surface area (Å²) in [6.45, 7) is 6.93. The van der Waals surface area contributed by atoms with Crippen molar-refractivity contribution in [3.8, 4) is 0 Å². The zero-order valence-electron chi connectivity index (χ0n) is 11.2. The summed E-state index contributed by atoms with van der Waals surface area (Å²) >= 11 is 5.91. The first-order chi connectivity index (χ1) is 8.23. The Bertz CT molecular complexity index is 438. The van der Waals surface area contributed by atoms with E-state index in [1.54, 1.807) is 52.0 Å². The second-order valence-corrected chi connectivity index (χ2v) is 5.36. The SMILES string of the molecule is CCOC(=O)C(C)(C)C(C)(O)c1cccc(Cl)c1. The Morgan fingerprint density at radius 2 is 2.00 bits per heavy atom. The van der Waals surface area contributed by atoms with Crippen molar-refractivity contribution in [1.29, 1.82) is 0 Å². The van der Waals surface area contributed by atoms with Gasteiger partial charge in [0, 0.05) is 5.02 Å². The Kier molecular flexibility index (Phi) is 4.41. The van der Waals surface area contributed by atoms with Gasteiger partial charge in [-0.05, 0) is 45.4 Å². The molecule has 1 aromatic carbocycles. The standard InChI is InChI=1S/C14H19ClO3/c1-5-18-12(16)13(2,3)14(4,17)10-7-6-8-11(15)9-10/h6-9,17H,5H2,1-4H3. The molecule has 0 spiro atoms. The Morgan fingerprint density at radius 1 is 1.39 bits per heavy atom. The van der Waals surface area contributed by atoms with E-state index < -0.39 is 17.0 Å². The minimum atomic E-state index is -1.36. The molecule has 0 amide bonds. The molecule has 18 heavy (non-hydrogen) atoms. The maximum absolute atomic E-state index is 12.0. The van der Waals surface area contributed by atoms with Crippen molar-refractivity contribution < 1.29 is 14.6 Å². The smallest absolute Gasteiger partial charge is 0.314 e. The topological polar surface area (TPSA) is 46.5 Å². The molecule has 0 aliphatic heterocycles. The van der Waals surface area contributed by atoms with Gasteiger partial charge in [-0.15, -0.1) is 0 Å². The molecule has 0 heterocycles. The van der Waals surface area contributed by atoms with Gasteiger partial charge in [0.1, 0.15) is 5.60 Å². The van der Waals surface area contributed by atoms with Crippen LogP contribution in [-0.2, 0) is 15.1 Å². The number of rotatable bonds is 4. The summed E-state index contributed by atoms with van der Waals surface area (Å²) in [6.07, 6.45) is 0. The number of hydrogen-bond acceptors (Lipinski definition) is 3. The fourth-order valence-corrected chi connectivity index (χ4v) is 1.85. The normalized spacial score (nSPS) is 15.0. The second kappa shape index (κ2) is 5.29. The molecule has 0 radical (unpaired) electrons. The number of carbonyl (C=O) groups excluding carboxylic acids is 1. The van der Waals surface area contributed by atoms with Gasteiger partial charge in [-0.25, -0.2) is 0 Å². The van der Waals surface area contributed by atoms with E-state index in [0.717, 1.165) is 0 Å². The summed E-state index contributed by atoms with van der Waals surface area (Å²) in [5, 5.41) is 11.2. The zero-order chi connectivity index (χ0) is 14.0. The Labute approximate surface area is 113 Å². The van der Waals surface area contributed by atoms with Crippen molar-refractivity contribution in [2.45, 2.75) is 33.3 Å². The summed E-state index contributed by atoms with van der Waals surface area (Å²) < 4.78 is 5.01. The molecule has 1 rings (SSSR count). The number of hydrogen-bond donors (Lipinski definition) is 1. The molecule has 0 aliphatic carbocycles. The maximum atomic E-state index is 12.0. The molecule has 0 saturated heterocycles. The minimum Gasteiger partial charge on any atom is -0.465 e. The third-order valence-electron chi connectivity index (χ3n) is 3.39. The van der Waals surface area contributed by atoms with Crippen LogP contribution in [-0.4, -0.2) is 17.7 Å². The first kappa shape index (κ1) is 15.0. The number of halogens is 1. The number of aliphatic hydroxyl groups is 1. The average molecular weight is 271 g/mol. The zero-order valence-corrected chi connectivity index (χ0v) is 11.9. The lowest BCUT2D eigenvalue weighted by Crippen LogP contribution is -2.46. The molecule has 0 bridgehead atoms. The first-order valence-corrected chi connectivity index (χ1v) is 6.27. The molecule has 3 nitrogen and oxygen atoms in total. The highest BCUT2D eigenvalue weighted by Crippen LogP contribution is 2.40. The van der Waals surface area contributed by atoms with Crippen molar-refractivity contribution in [2.24, 2.45) is 5.41 Å². The van der Waals surface area contributed by atoms with Crippen LogP contribution >= 0.6 is 11.6 Å². The maximum Gasteiger partial charge on any atom is 0.314 e. The largest absolute Gasteiger partial charge is 0.465 e. The van der Waals surface area contributed by atoms with Crippen LogP contribution < -0.4 is 0 Å². The van der Waals surface area contributed by atoms with Crippen LogP contribution in [0.15, 0.2) is 24.3 Å². The third kappa shape index (κ3) is 2.68. The molecule has 1 N–H and O–H groups in total. The van der Waals surface area contributed by atoms with E-state index in [1.807, 2.05) is 0 Å². The van der Waals surface area contributed by atoms with Gasteiger partial charge in [0.25, 0.3) is 0 Å². The van der Waals surface area contributed by atoms with Crippen molar-refractivity contribution in [3.63, 3.8) is 0 Å². The molecule has 0 fully saturated rings. The van der Waals surface area contributed by atoms with Gasteiger partial charge in [0.2, 0.25) is 0 Å². The molecule has 0 aromatic heterocycles. The molecule has 1 aromatic rings. The van der Waals surface area contributed by atoms with Crippen molar-refractivity contribution >= 4 is 17.6 Å². The average Bonchev–Trinajstić information content (AvgIpc) is 2.29. The van der Waals surface area contributed by atoms with E-state index in [0.29, 0.717) is 10.6 Å². The van der Waals surface area contributed by atoms with Crippen LogP contribution in [0.3, 0.4) is 0 Å². The third-order valence-corrected chi connectivity index (χ3v) is 3.62. The highest BCUT2D eigenvalue weighted by Gasteiger charge is 2.47. The summed E-state index contributed by atoms with van der Waals surface area (Å²) in [5.74, 6) is -0.435. The molecular weight excluding hydrogens is 252 g/mol. The minimum absolute atomic E-state index is 0.286. The molecule has 0 saturated carbocycles. The Hall–Kier alpha value is -1.06. The van der Waals surface area contributed by atoms with Crippen LogP contribution in [0.5, 0.6) is 0 Å². The summed E-state index contributed by atoms with van der Waals surface area (Å²) in [5.41, 5.74) is -1.83. The summed E-state index contributed by atoms with van der Waals surface area (Å²) in [7, 11) is 0. The second-order valence-electron chi connectivity index (χ2n) is 4.93. The van der Waals surface area contributed by atoms with E-state index in [4.69, 9.17) is 16.3 Å². The quantitative estimate of drug-likeness (QED) is 0.855. The number of esters is 1. The number of ether oxygens (including phenoxy) is 1. The van der Waals surface area contributed by atoms with E-state index >= 15 is 0 Å². The van der Waals surface area contributed by atoms with Gasteiger partial charge in [-0.2, -0.15) is 0 Å². The Balaban J connectivity index is 3.16. The molecule has 4 heteroatoms. The molecule has 100 valence electrons. The molecule has 1 atom stereocenters. The molecular formula is C14H19ClO3. The lowest BCUT2D eigenvalue weighted by Gasteiger charge is -2.38. The van der Waals surface area contributed by atoms with Gasteiger partial charge in [0.05, 0.1) is 12.0 Å². The highest BCUT2D eigenvalue weighted by molar-refractivity contribution is 6.30. The van der Waals surface area contributed by atoms with Crippen molar-refractivity contribution in [2.75, 3.05) is 6.61 Å². The van der Waals surface area contributed by atoms with E-state index in [-0.39, 0.29) is 6.61 Å². The lowest BCUT2D eigenvalue weighted by molar-refractivity contribution is -0.170. The highest BCUT2D eigenvalue weighted by atomic mass is 35.5. The molecule has 0 aliphatic rings. The predicted molar refractivity (Wildman–Crippen MR) is 71.4 cm³/mol. The van der Waals surface area contributed by atoms with Crippen LogP contribution in [0.2, 0.25) is 5.02 Å². The van der Waals surface area contributed by atoms with Gasteiger partial charge in [-0.3, -0.25) is 4.79 Å². The number of carbonyl (C=O) groups is 1. The van der Waals surface area contributed by atoms with E-state index in [1.165, 1.54) is 0 Å². The van der Waals surface area contributed by atoms with Gasteiger partial charge >= 0.3 is 5.97 Å². The summed E-state index contributed by atoms with van der Waals surface area (Å²) in [6, 6.07) is 6.86. The van der Waals surface area contributed by atoms with Gasteiger partial charge < -0.3 is 9.84 Å². The van der Waals surface area contributed by atoms with E-state index in [9.17, 15) is 9.90 Å². The van der Waals surface area contributed by atoms with Gasteiger partial charge in [-0.1, -0.05) is 23.7 Å². The fourth-order valence-electron chi connectivity index (χ4n) is 1.66. The lowest BCUT2D eigenvalue weighted by atomic mass is 9.72. The Morgan fingerprint density at radius 3 is 2.50 bits per heavy atom. The van der Waals surface area contributed by atoms with E-state index in [2.05, 4.69) is 0 Å². The predicted octanol–water partition coefficient (Wildman–Crippen LogP) is 3.14. The van der Waals surface area contributed by atoms with Crippen LogP contribution in [0.4, 0.5) is 0 Å². The monoisotopic (exact) mass is 270 g/mol. The molecule has 1 unspecified atom stereocenters. The van der Waals surface area contributed by atoms with Crippen LogP contribution in [0.1, 0.15) is 33.3 Å². The first-order valence-electron chi connectivity index (χ1n) is 5.89. The van der Waals surface area contributed by atoms with Crippen LogP contribution in [0.25, 0.3) is 0 Å². The summed E-state index contributed by atoms with van der Waals surface area (Å²) in [4.78, 5) is 12.0. The van der Waals surface area contributed by atoms with Crippen molar-refractivity contribution in [1.82, 2.24) is 0 Å². The van der Waals surface area contributed by atoms with Crippen LogP contribution in [0, 0.1) is 5.41 Å². The fraction of sp³-hybridized carbons (Fsp3) is 0.500. The number of benzene rings is 1. The van der Waals surface area contributed by atoms with Crippen molar-refractivity contribution in [3.05, 3.63) is 34.9 Å². The van der Waals surface area contributed by atoms with Gasteiger partial charge in [0.15, 0.2) is 0 Å².